The maximum atomic E-state index is 11.7. The summed E-state index contributed by atoms with van der Waals surface area (Å²) >= 11 is 24.8. The molecule has 6 N–H and O–H groups in total. The number of carbonyl (C=O) groups is 4. The first-order valence-corrected chi connectivity index (χ1v) is 47.3. The number of aryl methyl sites for hydroxylation is 4. The molecule has 1 amide bonds. The number of halogens is 3. The van der Waals surface area contributed by atoms with Crippen molar-refractivity contribution in [2.75, 3.05) is 67.0 Å². The number of ether oxygens (including phenoxy) is 3. The molecule has 4 saturated carbocycles. The van der Waals surface area contributed by atoms with Gasteiger partial charge in [-0.2, -0.15) is 15.0 Å². The summed E-state index contributed by atoms with van der Waals surface area (Å²) in [5.41, 5.74) is 12.1. The molecule has 0 spiro atoms. The predicted octanol–water partition coefficient (Wildman–Crippen LogP) is 19.2. The Balaban J connectivity index is 0.000000129. The van der Waals surface area contributed by atoms with Gasteiger partial charge in [0.1, 0.15) is 54.4 Å². The van der Waals surface area contributed by atoms with Crippen molar-refractivity contribution in [3.8, 4) is 17.6 Å². The van der Waals surface area contributed by atoms with E-state index in [2.05, 4.69) is 107 Å². The number of benzene rings is 2. The first-order chi connectivity index (χ1) is 58.1. The van der Waals surface area contributed by atoms with Gasteiger partial charge >= 0.3 is 5.97 Å². The van der Waals surface area contributed by atoms with E-state index in [4.69, 9.17) is 74.7 Å². The summed E-state index contributed by atoms with van der Waals surface area (Å²) in [7, 11) is 17.1. The van der Waals surface area contributed by atoms with Crippen LogP contribution < -0.4 is 30.6 Å². The molecule has 648 valence electrons. The molecule has 2 aromatic carbocycles. The van der Waals surface area contributed by atoms with Crippen molar-refractivity contribution in [3.63, 3.8) is 0 Å². The molecule has 31 heteroatoms. The van der Waals surface area contributed by atoms with E-state index >= 15 is 0 Å². The Kier molecular flexibility index (Phi) is 30.2. The van der Waals surface area contributed by atoms with Gasteiger partial charge in [0.25, 0.3) is 0 Å². The van der Waals surface area contributed by atoms with Crippen molar-refractivity contribution in [1.82, 2.24) is 59.5 Å². The van der Waals surface area contributed by atoms with Gasteiger partial charge in [0, 0.05) is 74.3 Å². The van der Waals surface area contributed by atoms with Crippen molar-refractivity contribution in [2.45, 2.75) is 266 Å². The molecule has 0 aliphatic heterocycles. The number of hydrogen-bond acceptors (Lipinski definition) is 26. The Bertz CT molecular complexity index is 5090. The minimum absolute atomic E-state index is 0.00499. The lowest BCUT2D eigenvalue weighted by atomic mass is 9.92. The number of fused-ring (bicyclic) bond motifs is 12. The highest BCUT2D eigenvalue weighted by atomic mass is 35.5. The number of carboxylic acids is 1. The Morgan fingerprint density at radius 1 is 0.405 bits per heavy atom. The summed E-state index contributed by atoms with van der Waals surface area (Å²) in [5, 5.41) is 29.9. The van der Waals surface area contributed by atoms with Crippen LogP contribution in [-0.4, -0.2) is 198 Å². The molecule has 24 nitrogen and oxygen atoms in total. The highest BCUT2D eigenvalue weighted by Crippen LogP contribution is 2.53. The van der Waals surface area contributed by atoms with Crippen LogP contribution in [0.25, 0.3) is 40.9 Å². The molecule has 8 aliphatic rings. The number of nitrogens with zero attached hydrogens (tertiary/aromatic N) is 12. The Labute approximate surface area is 739 Å². The second kappa shape index (κ2) is 40.7. The van der Waals surface area contributed by atoms with Crippen LogP contribution in [0.2, 0.25) is 15.7 Å². The summed E-state index contributed by atoms with van der Waals surface area (Å²) in [6, 6.07) is 22.3. The van der Waals surface area contributed by atoms with Gasteiger partial charge in [0.2, 0.25) is 46.0 Å². The standard InChI is InChI=1S/C25H31N5O2S.C25H30N4O3S.C20H26ClN3O2S.C12H10Cl2N2OS.C8H17NO/c1-30(2)17-9-11-18(12-10-17)32-23-22-21-15(14-20(26)31)8-13-19(21)33-24(22)29-25(28-23)27-16-6-4-3-5-7-16;1-29(2)17-9-11-18(12-10-17)32-23-22-21-15(14-20(30)31)8-13-19(21)33-24(22)28-25(27-23)26-16-6-4-3-5-7-16;1-11(25)10-12-4-9-15-16(12)17-18(22-20(21)23-19(17)27-15)26-14-7-5-13(6-8-14)24(2)3;1-5(17)4-6-2-3-7-8(6)9-10(13)15-12(14)16-11(9)18-7;1-9(2)7-3-5-8(10)6-4-7/h3-7,15,17-18H,8-14H2,1-2H3,(H2,26,31)(H,27,28,29);3-7,15,17-18H,8-14H2,1-2H3,(H,30,31)(H,26,27,28);12-14H,4-10H2,1-3H3;6H,2-4H2,1H3;7-8,10H,3-6H2,1-2H3. The number of rotatable bonds is 22. The first-order valence-electron chi connectivity index (χ1n) is 42.9. The third kappa shape index (κ3) is 22.3. The van der Waals surface area contributed by atoms with E-state index in [9.17, 15) is 29.4 Å². The fraction of sp³-hybridized carbons (Fsp3) is 0.556. The van der Waals surface area contributed by atoms with Crippen LogP contribution >= 0.6 is 80.1 Å². The number of amides is 1. The van der Waals surface area contributed by atoms with Crippen LogP contribution in [0.3, 0.4) is 0 Å². The van der Waals surface area contributed by atoms with Gasteiger partial charge in [-0.3, -0.25) is 9.59 Å². The number of aliphatic hydroxyl groups is 1. The number of Topliss-reactive ketones (excluding diaryl/α,β-unsaturated/α-hetero) is 2. The number of thiophene rings is 4. The van der Waals surface area contributed by atoms with Crippen LogP contribution in [0.1, 0.15) is 233 Å². The van der Waals surface area contributed by atoms with Crippen molar-refractivity contribution in [1.29, 1.82) is 0 Å². The fourth-order valence-corrected chi connectivity index (χ4v) is 24.9. The van der Waals surface area contributed by atoms with Crippen molar-refractivity contribution in [3.05, 3.63) is 118 Å². The average Bonchev–Trinajstić information content (AvgIpc) is 1.61. The number of aliphatic carboxylic acids is 1. The van der Waals surface area contributed by atoms with Gasteiger partial charge < -0.3 is 70.0 Å². The fourth-order valence-electron chi connectivity index (χ4n) is 19.1. The van der Waals surface area contributed by atoms with Crippen LogP contribution in [-0.2, 0) is 44.9 Å². The quantitative estimate of drug-likeness (QED) is 0.0311. The van der Waals surface area contributed by atoms with Crippen molar-refractivity contribution >= 4 is 168 Å². The molecular formula is C90H114Cl3N15O9S4. The summed E-state index contributed by atoms with van der Waals surface area (Å²) in [6.45, 7) is 3.29. The number of aromatic nitrogens is 8. The van der Waals surface area contributed by atoms with Gasteiger partial charge in [-0.1, -0.05) is 48.0 Å². The van der Waals surface area contributed by atoms with Gasteiger partial charge in [0.05, 0.1) is 34.1 Å². The summed E-state index contributed by atoms with van der Waals surface area (Å²) in [6.07, 6.45) is 26.7. The molecule has 10 aromatic rings. The molecular weight excluding hydrogens is 1670 g/mol. The minimum Gasteiger partial charge on any atom is -0.481 e. The van der Waals surface area contributed by atoms with Crippen molar-refractivity contribution in [2.24, 2.45) is 5.73 Å². The van der Waals surface area contributed by atoms with Crippen LogP contribution in [0.4, 0.5) is 23.3 Å². The second-order valence-electron chi connectivity index (χ2n) is 34.7. The predicted molar refractivity (Wildman–Crippen MR) is 488 cm³/mol. The zero-order valence-corrected chi connectivity index (χ0v) is 76.5. The summed E-state index contributed by atoms with van der Waals surface area (Å²) in [5.74, 6) is 2.94. The second-order valence-corrected chi connectivity index (χ2v) is 40.1. The van der Waals surface area contributed by atoms with E-state index in [1.807, 2.05) is 60.7 Å². The number of aliphatic hydroxyl groups excluding tert-OH is 1. The lowest BCUT2D eigenvalue weighted by Crippen LogP contribution is -2.35. The smallest absolute Gasteiger partial charge is 0.303 e. The first kappa shape index (κ1) is 89.8. The Morgan fingerprint density at radius 2 is 0.711 bits per heavy atom. The largest absolute Gasteiger partial charge is 0.481 e. The number of nitrogens with one attached hydrogen (secondary N) is 2. The lowest BCUT2D eigenvalue weighted by molar-refractivity contribution is -0.137. The molecule has 0 bridgehead atoms. The molecule has 8 aliphatic carbocycles. The number of carboxylic acid groups (broad SMARTS) is 1. The number of hydrogen-bond donors (Lipinski definition) is 5. The summed E-state index contributed by atoms with van der Waals surface area (Å²) < 4.78 is 19.5. The number of nitrogens with two attached hydrogens (primary N) is 1. The van der Waals surface area contributed by atoms with E-state index in [-0.39, 0.29) is 82.5 Å². The molecule has 8 heterocycles. The number of primary amides is 1. The van der Waals surface area contributed by atoms with Crippen LogP contribution in [0, 0.1) is 0 Å². The molecule has 4 unspecified atom stereocenters. The van der Waals surface area contributed by atoms with Gasteiger partial charge in [-0.25, -0.2) is 24.9 Å². The highest BCUT2D eigenvalue weighted by Gasteiger charge is 2.39. The van der Waals surface area contributed by atoms with E-state index in [0.717, 1.165) is 212 Å². The van der Waals surface area contributed by atoms with E-state index in [1.165, 1.54) is 36.2 Å². The van der Waals surface area contributed by atoms with Crippen LogP contribution in [0.15, 0.2) is 60.7 Å². The Hall–Kier alpha value is -7.45. The monoisotopic (exact) mass is 1780 g/mol. The van der Waals surface area contributed by atoms with E-state index < -0.39 is 5.97 Å². The molecule has 0 saturated heterocycles. The Morgan fingerprint density at radius 3 is 1.05 bits per heavy atom. The normalized spacial score (nSPS) is 23.5. The van der Waals surface area contributed by atoms with E-state index in [1.54, 1.807) is 59.2 Å². The number of anilines is 4. The van der Waals surface area contributed by atoms with E-state index in [0.29, 0.717) is 78.1 Å². The van der Waals surface area contributed by atoms with Crippen LogP contribution in [0.5, 0.6) is 17.6 Å². The molecule has 8 aromatic heterocycles. The van der Waals surface area contributed by atoms with Gasteiger partial charge in [0.15, 0.2) is 0 Å². The molecule has 0 radical (unpaired) electrons. The number of carbonyl (C=O) groups excluding carboxylic acids is 3. The maximum absolute atomic E-state index is 11.7. The van der Waals surface area contributed by atoms with Crippen molar-refractivity contribution < 1.29 is 43.6 Å². The lowest BCUT2D eigenvalue weighted by Gasteiger charge is -2.32. The zero-order chi connectivity index (χ0) is 85.4. The van der Waals surface area contributed by atoms with Gasteiger partial charge in [-0.15, -0.1) is 45.3 Å². The molecule has 121 heavy (non-hydrogen) atoms. The maximum Gasteiger partial charge on any atom is 0.303 e. The molecule has 4 atom stereocenters. The zero-order valence-electron chi connectivity index (χ0n) is 71.0. The summed E-state index contributed by atoms with van der Waals surface area (Å²) in [4.78, 5) is 100. The SMILES string of the molecule is CC(=O)CC1CCc2sc3nc(Cl)nc(Cl)c3c21.CC(=O)CC1CCc2sc3nc(Cl)nc(OC4CCC(N(C)C)CC4)c3c21.CN(C)C1CCC(O)CC1.CN(C)C1CCC(Oc2nc(Nc3ccccc3)nc3sc4c(c23)C(CC(=O)O)CC4)CC1.CN(C)C1CCC(Oc2nc(Nc3ccccc3)nc3sc4c(c23)C(CC(N)=O)CC4)CC1. The number of para-hydroxylation sites is 2. The minimum atomic E-state index is -0.764. The topological polar surface area (TPSA) is 303 Å². The number of ketones is 2. The third-order valence-electron chi connectivity index (χ3n) is 25.3. The molecule has 4 fully saturated rings. The average molecular weight is 1780 g/mol. The molecule has 18 rings (SSSR count). The van der Waals surface area contributed by atoms with Gasteiger partial charge in [-0.05, 0) is 318 Å². The highest BCUT2D eigenvalue weighted by molar-refractivity contribution is 7.20. The third-order valence-corrected chi connectivity index (χ3v) is 30.6.